The summed E-state index contributed by atoms with van der Waals surface area (Å²) in [5.41, 5.74) is 6.41. The Bertz CT molecular complexity index is 291. The van der Waals surface area contributed by atoms with Crippen LogP contribution in [-0.2, 0) is 11.2 Å². The van der Waals surface area contributed by atoms with Gasteiger partial charge in [-0.15, -0.1) is 0 Å². The molecule has 12 heavy (non-hydrogen) atoms. The van der Waals surface area contributed by atoms with Crippen molar-refractivity contribution in [3.05, 3.63) is 28.0 Å². The molecule has 0 fully saturated rings. The highest BCUT2D eigenvalue weighted by molar-refractivity contribution is 9.10. The maximum absolute atomic E-state index is 12.7. The van der Waals surface area contributed by atoms with Crippen LogP contribution in [0, 0.1) is 5.82 Å². The average molecular weight is 232 g/mol. The summed E-state index contributed by atoms with van der Waals surface area (Å²) in [5, 5.41) is 0. The Labute approximate surface area is 77.7 Å². The van der Waals surface area contributed by atoms with Gasteiger partial charge in [-0.2, -0.15) is 0 Å². The lowest BCUT2D eigenvalue weighted by Crippen LogP contribution is -1.97. The van der Waals surface area contributed by atoms with Gasteiger partial charge in [-0.25, -0.2) is 4.39 Å². The minimum atomic E-state index is -0.408. The molecule has 1 aromatic rings. The first-order valence-corrected chi connectivity index (χ1v) is 4.11. The van der Waals surface area contributed by atoms with E-state index in [1.165, 1.54) is 12.1 Å². The molecule has 2 nitrogen and oxygen atoms in total. The van der Waals surface area contributed by atoms with E-state index in [0.717, 1.165) is 6.29 Å². The monoisotopic (exact) mass is 231 g/mol. The molecule has 64 valence electrons. The largest absolute Gasteiger partial charge is 0.398 e. The fraction of sp³-hybridized carbons (Fsp3) is 0.125. The molecular formula is C8H7BrFNO. The fourth-order valence-corrected chi connectivity index (χ4v) is 1.53. The molecule has 0 heterocycles. The summed E-state index contributed by atoms with van der Waals surface area (Å²) in [6.07, 6.45) is 0.932. The van der Waals surface area contributed by atoms with Crippen LogP contribution in [0.5, 0.6) is 0 Å². The molecule has 4 heteroatoms. The van der Waals surface area contributed by atoms with Crippen LogP contribution >= 0.6 is 15.9 Å². The second-order valence-electron chi connectivity index (χ2n) is 2.33. The number of anilines is 1. The van der Waals surface area contributed by atoms with Crippen molar-refractivity contribution in [1.29, 1.82) is 0 Å². The van der Waals surface area contributed by atoms with E-state index < -0.39 is 5.82 Å². The summed E-state index contributed by atoms with van der Waals surface area (Å²) in [7, 11) is 0. The van der Waals surface area contributed by atoms with Crippen LogP contribution in [-0.4, -0.2) is 6.29 Å². The summed E-state index contributed by atoms with van der Waals surface area (Å²) < 4.78 is 13.2. The van der Waals surface area contributed by atoms with E-state index in [1.54, 1.807) is 0 Å². The Morgan fingerprint density at radius 1 is 1.58 bits per heavy atom. The van der Waals surface area contributed by atoms with E-state index in [1.807, 2.05) is 0 Å². The predicted octanol–water partition coefficient (Wildman–Crippen LogP) is 1.91. The average Bonchev–Trinajstić information content (AvgIpc) is 1.96. The van der Waals surface area contributed by atoms with Crippen molar-refractivity contribution in [1.82, 2.24) is 0 Å². The molecule has 1 rings (SSSR count). The molecule has 0 amide bonds. The molecule has 0 aliphatic heterocycles. The van der Waals surface area contributed by atoms with Crippen LogP contribution in [0.4, 0.5) is 10.1 Å². The van der Waals surface area contributed by atoms with Crippen molar-refractivity contribution >= 4 is 27.9 Å². The highest BCUT2D eigenvalue weighted by atomic mass is 79.9. The first-order valence-electron chi connectivity index (χ1n) is 3.32. The third-order valence-corrected chi connectivity index (χ3v) is 2.19. The number of aldehydes is 1. The van der Waals surface area contributed by atoms with Crippen molar-refractivity contribution in [3.63, 3.8) is 0 Å². The summed E-state index contributed by atoms with van der Waals surface area (Å²) in [6, 6.07) is 2.48. The maximum Gasteiger partial charge on any atom is 0.126 e. The zero-order chi connectivity index (χ0) is 9.14. The first kappa shape index (κ1) is 9.19. The molecule has 0 aliphatic carbocycles. The molecule has 0 spiro atoms. The lowest BCUT2D eigenvalue weighted by molar-refractivity contribution is -0.107. The number of halogens is 2. The molecule has 0 bridgehead atoms. The van der Waals surface area contributed by atoms with Gasteiger partial charge in [0.1, 0.15) is 12.1 Å². The van der Waals surface area contributed by atoms with Gasteiger partial charge < -0.3 is 10.5 Å². The number of nitrogen functional groups attached to an aromatic ring is 1. The number of carbonyl (C=O) groups is 1. The SMILES string of the molecule is Nc1cc(F)cc(Br)c1CC=O. The third kappa shape index (κ3) is 1.82. The summed E-state index contributed by atoms with van der Waals surface area (Å²) >= 11 is 3.12. The molecule has 0 aliphatic rings. The van der Waals surface area contributed by atoms with Gasteiger partial charge in [0.05, 0.1) is 0 Å². The maximum atomic E-state index is 12.7. The normalized spacial score (nSPS) is 9.83. The predicted molar refractivity (Wildman–Crippen MR) is 48.3 cm³/mol. The molecule has 0 saturated heterocycles. The van der Waals surface area contributed by atoms with Gasteiger partial charge in [-0.3, -0.25) is 0 Å². The second kappa shape index (κ2) is 3.67. The second-order valence-corrected chi connectivity index (χ2v) is 3.18. The molecule has 1 aromatic carbocycles. The highest BCUT2D eigenvalue weighted by Gasteiger charge is 2.05. The van der Waals surface area contributed by atoms with E-state index in [4.69, 9.17) is 5.73 Å². The number of rotatable bonds is 2. The van der Waals surface area contributed by atoms with Gasteiger partial charge in [0.2, 0.25) is 0 Å². The fourth-order valence-electron chi connectivity index (χ4n) is 0.922. The Morgan fingerprint density at radius 2 is 2.25 bits per heavy atom. The van der Waals surface area contributed by atoms with Crippen molar-refractivity contribution in [2.75, 3.05) is 5.73 Å². The number of nitrogens with two attached hydrogens (primary N) is 1. The summed E-state index contributed by atoms with van der Waals surface area (Å²) in [4.78, 5) is 10.2. The lowest BCUT2D eigenvalue weighted by Gasteiger charge is -2.04. The van der Waals surface area contributed by atoms with Crippen molar-refractivity contribution in [3.8, 4) is 0 Å². The molecule has 0 saturated carbocycles. The Hall–Kier alpha value is -0.900. The van der Waals surface area contributed by atoms with Gasteiger partial charge in [0.15, 0.2) is 0 Å². The van der Waals surface area contributed by atoms with Crippen LogP contribution in [0.2, 0.25) is 0 Å². The number of hydrogen-bond acceptors (Lipinski definition) is 2. The van der Waals surface area contributed by atoms with Crippen LogP contribution in [0.25, 0.3) is 0 Å². The smallest absolute Gasteiger partial charge is 0.126 e. The summed E-state index contributed by atoms with van der Waals surface area (Å²) in [5.74, 6) is -0.408. The van der Waals surface area contributed by atoms with E-state index in [-0.39, 0.29) is 6.42 Å². The highest BCUT2D eigenvalue weighted by Crippen LogP contribution is 2.24. The van der Waals surface area contributed by atoms with E-state index in [9.17, 15) is 9.18 Å². The van der Waals surface area contributed by atoms with E-state index >= 15 is 0 Å². The quantitative estimate of drug-likeness (QED) is 0.625. The Kier molecular flexibility index (Phi) is 2.81. The molecular weight excluding hydrogens is 225 g/mol. The molecule has 0 radical (unpaired) electrons. The summed E-state index contributed by atoms with van der Waals surface area (Å²) in [6.45, 7) is 0. The van der Waals surface area contributed by atoms with Crippen LogP contribution < -0.4 is 5.73 Å². The van der Waals surface area contributed by atoms with Crippen LogP contribution in [0.1, 0.15) is 5.56 Å². The molecule has 0 unspecified atom stereocenters. The zero-order valence-corrected chi connectivity index (χ0v) is 7.77. The van der Waals surface area contributed by atoms with Gasteiger partial charge in [-0.05, 0) is 17.7 Å². The lowest BCUT2D eigenvalue weighted by atomic mass is 10.1. The molecule has 0 atom stereocenters. The number of hydrogen-bond donors (Lipinski definition) is 1. The van der Waals surface area contributed by atoms with E-state index in [2.05, 4.69) is 15.9 Å². The van der Waals surface area contributed by atoms with Crippen LogP contribution in [0.15, 0.2) is 16.6 Å². The van der Waals surface area contributed by atoms with Crippen LogP contribution in [0.3, 0.4) is 0 Å². The Balaban J connectivity index is 3.18. The standard InChI is InChI=1S/C8H7BrFNO/c9-7-3-5(10)4-8(11)6(7)1-2-12/h2-4H,1,11H2. The van der Waals surface area contributed by atoms with Gasteiger partial charge in [-0.1, -0.05) is 15.9 Å². The third-order valence-electron chi connectivity index (χ3n) is 1.48. The zero-order valence-electron chi connectivity index (χ0n) is 6.18. The number of carbonyl (C=O) groups excluding carboxylic acids is 1. The molecule has 0 aromatic heterocycles. The molecule has 2 N–H and O–H groups in total. The van der Waals surface area contributed by atoms with Crippen molar-refractivity contribution < 1.29 is 9.18 Å². The van der Waals surface area contributed by atoms with Gasteiger partial charge >= 0.3 is 0 Å². The first-order chi connectivity index (χ1) is 5.65. The van der Waals surface area contributed by atoms with Gasteiger partial charge in [0.25, 0.3) is 0 Å². The van der Waals surface area contributed by atoms with Crippen molar-refractivity contribution in [2.24, 2.45) is 0 Å². The number of benzene rings is 1. The minimum absolute atomic E-state index is 0.201. The Morgan fingerprint density at radius 3 is 2.75 bits per heavy atom. The van der Waals surface area contributed by atoms with Crippen molar-refractivity contribution in [2.45, 2.75) is 6.42 Å². The van der Waals surface area contributed by atoms with E-state index in [0.29, 0.717) is 15.7 Å². The topological polar surface area (TPSA) is 43.1 Å². The van der Waals surface area contributed by atoms with Gasteiger partial charge in [0, 0.05) is 16.6 Å². The minimum Gasteiger partial charge on any atom is -0.398 e.